The minimum absolute atomic E-state index is 0. The molecule has 0 aromatic carbocycles. The molecule has 0 aromatic heterocycles. The topological polar surface area (TPSA) is 29.1 Å². The summed E-state index contributed by atoms with van der Waals surface area (Å²) in [6.07, 6.45) is 17.9. The largest absolute Gasteiger partial charge is 2.00 e. The van der Waals surface area contributed by atoms with Crippen LogP contribution < -0.4 is 5.32 Å². The third kappa shape index (κ3) is 7.83. The van der Waals surface area contributed by atoms with Gasteiger partial charge in [-0.15, -0.1) is 0 Å². The molecule has 17 heavy (non-hydrogen) atoms. The smallest absolute Gasteiger partial charge is 0.353 e. The number of carbonyl (C=O) groups is 1. The van der Waals surface area contributed by atoms with Crippen LogP contribution in [-0.4, -0.2) is 11.9 Å². The molecule has 0 saturated heterocycles. The van der Waals surface area contributed by atoms with Crippen molar-refractivity contribution in [1.82, 2.24) is 5.32 Å². The molecule has 3 heteroatoms. The molecule has 0 aliphatic heterocycles. The Hall–Kier alpha value is -0.0105. The Morgan fingerprint density at radius 1 is 1.00 bits per heavy atom. The molecule has 0 aromatic rings. The first-order chi connectivity index (χ1) is 7.70. The predicted octanol–water partition coefficient (Wildman–Crippen LogP) is 1.94. The summed E-state index contributed by atoms with van der Waals surface area (Å²) in [6.45, 7) is 3.50. The summed E-state index contributed by atoms with van der Waals surface area (Å²) in [4.78, 5) is 10.6. The molecule has 2 nitrogen and oxygen atoms in total. The van der Waals surface area contributed by atoms with E-state index < -0.39 is 0 Å². The Kier molecular flexibility index (Phi) is 9.96. The van der Waals surface area contributed by atoms with Gasteiger partial charge in [-0.05, 0) is 64.7 Å². The van der Waals surface area contributed by atoms with Gasteiger partial charge in [-0.2, -0.15) is 0 Å². The van der Waals surface area contributed by atoms with Crippen LogP contribution in [0.4, 0.5) is 0 Å². The first-order valence-electron chi connectivity index (χ1n) is 5.35. The second-order valence-corrected chi connectivity index (χ2v) is 3.60. The Morgan fingerprint density at radius 3 is 1.76 bits per heavy atom. The summed E-state index contributed by atoms with van der Waals surface area (Å²) < 4.78 is 0. The molecular weight excluding hydrogens is 254 g/mol. The third-order valence-corrected chi connectivity index (χ3v) is 2.16. The SMILES string of the molecule is CC(=O)N[C@H](C)[C]1[CH][CH][CH][CH]1.[CH]1[CH][CH][CH][CH]1.[Fe+2]. The van der Waals surface area contributed by atoms with E-state index >= 15 is 0 Å². The molecule has 2 saturated carbocycles. The summed E-state index contributed by atoms with van der Waals surface area (Å²) in [5.74, 6) is 1.17. The van der Waals surface area contributed by atoms with Crippen molar-refractivity contribution < 1.29 is 21.9 Å². The number of hydrogen-bond acceptors (Lipinski definition) is 1. The Morgan fingerprint density at radius 2 is 1.41 bits per heavy atom. The molecule has 1 N–H and O–H groups in total. The summed E-state index contributed by atoms with van der Waals surface area (Å²) in [7, 11) is 0. The maximum atomic E-state index is 10.6. The van der Waals surface area contributed by atoms with Gasteiger partial charge in [-0.25, -0.2) is 0 Å². The minimum atomic E-state index is 0. The standard InChI is InChI=1S/C9H12NO.C5H5.Fe/c1-7(10-8(2)11)9-5-3-4-6-9;1-2-4-5-3-1;/h3-7H,1-2H3,(H,10,11);1-5H;/q;;+2/t7-;;/m1../s1. The zero-order valence-corrected chi connectivity index (χ0v) is 11.1. The van der Waals surface area contributed by atoms with Crippen molar-refractivity contribution in [3.05, 3.63) is 63.7 Å². The summed E-state index contributed by atoms with van der Waals surface area (Å²) in [5.41, 5.74) is 0. The zero-order chi connectivity index (χ0) is 11.8. The van der Waals surface area contributed by atoms with Crippen molar-refractivity contribution >= 4 is 5.91 Å². The molecule has 0 heterocycles. The van der Waals surface area contributed by atoms with Crippen LogP contribution in [0.5, 0.6) is 0 Å². The minimum Gasteiger partial charge on any atom is -0.353 e. The van der Waals surface area contributed by atoms with E-state index in [0.29, 0.717) is 0 Å². The van der Waals surface area contributed by atoms with Crippen LogP contribution in [0.3, 0.4) is 0 Å². The molecule has 2 aliphatic rings. The van der Waals surface area contributed by atoms with Crippen LogP contribution in [0.2, 0.25) is 0 Å². The van der Waals surface area contributed by atoms with E-state index in [-0.39, 0.29) is 29.0 Å². The maximum absolute atomic E-state index is 10.6. The van der Waals surface area contributed by atoms with Gasteiger partial charge in [0.15, 0.2) is 0 Å². The molecule has 2 rings (SSSR count). The Labute approximate surface area is 117 Å². The molecule has 90 valence electrons. The van der Waals surface area contributed by atoms with E-state index in [1.54, 1.807) is 0 Å². The van der Waals surface area contributed by atoms with Crippen molar-refractivity contribution in [3.8, 4) is 0 Å². The van der Waals surface area contributed by atoms with Gasteiger partial charge in [0.25, 0.3) is 0 Å². The van der Waals surface area contributed by atoms with Gasteiger partial charge in [-0.1, -0.05) is 0 Å². The van der Waals surface area contributed by atoms with E-state index in [9.17, 15) is 4.79 Å². The number of amides is 1. The molecule has 10 radical (unpaired) electrons. The molecule has 0 bridgehead atoms. The average Bonchev–Trinajstić information content (AvgIpc) is 2.94. The fourth-order valence-electron chi connectivity index (χ4n) is 1.39. The predicted molar refractivity (Wildman–Crippen MR) is 65.2 cm³/mol. The van der Waals surface area contributed by atoms with E-state index in [1.165, 1.54) is 6.92 Å². The van der Waals surface area contributed by atoms with Gasteiger partial charge in [0.1, 0.15) is 0 Å². The Bertz CT molecular complexity index is 191. The number of hydrogen-bond donors (Lipinski definition) is 1. The molecular formula is C14H17FeNO+2. The van der Waals surface area contributed by atoms with Gasteiger partial charge >= 0.3 is 17.1 Å². The van der Waals surface area contributed by atoms with Gasteiger partial charge in [0.2, 0.25) is 5.91 Å². The van der Waals surface area contributed by atoms with Gasteiger partial charge in [-0.3, -0.25) is 4.79 Å². The van der Waals surface area contributed by atoms with Gasteiger partial charge in [0.05, 0.1) is 0 Å². The van der Waals surface area contributed by atoms with Crippen molar-refractivity contribution in [3.63, 3.8) is 0 Å². The van der Waals surface area contributed by atoms with Crippen LogP contribution in [0.1, 0.15) is 13.8 Å². The van der Waals surface area contributed by atoms with Crippen molar-refractivity contribution in [1.29, 1.82) is 0 Å². The first kappa shape index (κ1) is 17.0. The molecule has 0 unspecified atom stereocenters. The zero-order valence-electron chi connectivity index (χ0n) is 10.0. The normalized spacial score (nSPS) is 21.1. The van der Waals surface area contributed by atoms with E-state index in [2.05, 4.69) is 5.32 Å². The second-order valence-electron chi connectivity index (χ2n) is 3.60. The van der Waals surface area contributed by atoms with Crippen molar-refractivity contribution in [2.24, 2.45) is 0 Å². The van der Waals surface area contributed by atoms with E-state index in [4.69, 9.17) is 0 Å². The van der Waals surface area contributed by atoms with Gasteiger partial charge < -0.3 is 5.32 Å². The number of nitrogens with one attached hydrogen (secondary N) is 1. The van der Waals surface area contributed by atoms with E-state index in [1.807, 2.05) is 64.7 Å². The molecule has 1 atom stereocenters. The molecule has 1 amide bonds. The quantitative estimate of drug-likeness (QED) is 0.764. The second kappa shape index (κ2) is 9.96. The average molecular weight is 271 g/mol. The van der Waals surface area contributed by atoms with Crippen molar-refractivity contribution in [2.45, 2.75) is 19.9 Å². The van der Waals surface area contributed by atoms with Crippen LogP contribution >= 0.6 is 0 Å². The third-order valence-electron chi connectivity index (χ3n) is 2.16. The first-order valence-corrected chi connectivity index (χ1v) is 5.35. The van der Waals surface area contributed by atoms with E-state index in [0.717, 1.165) is 5.92 Å². The molecule has 0 spiro atoms. The summed E-state index contributed by atoms with van der Waals surface area (Å²) in [5, 5.41) is 2.81. The molecule has 2 fully saturated rings. The van der Waals surface area contributed by atoms with Crippen LogP contribution in [0.25, 0.3) is 0 Å². The van der Waals surface area contributed by atoms with Gasteiger partial charge in [0, 0.05) is 18.9 Å². The monoisotopic (exact) mass is 271 g/mol. The fraction of sp³-hybridized carbons (Fsp3) is 0.214. The van der Waals surface area contributed by atoms with Crippen molar-refractivity contribution in [2.75, 3.05) is 0 Å². The number of rotatable bonds is 2. The van der Waals surface area contributed by atoms with Crippen LogP contribution in [0.15, 0.2) is 0 Å². The summed E-state index contributed by atoms with van der Waals surface area (Å²) in [6, 6.07) is 0.127. The van der Waals surface area contributed by atoms with Crippen LogP contribution in [0, 0.1) is 63.7 Å². The maximum Gasteiger partial charge on any atom is 2.00 e. The number of carbonyl (C=O) groups excluding carboxylic acids is 1. The van der Waals surface area contributed by atoms with Crippen LogP contribution in [-0.2, 0) is 21.9 Å². The molecule has 2 aliphatic carbocycles. The summed E-state index contributed by atoms with van der Waals surface area (Å²) >= 11 is 0. The fourth-order valence-corrected chi connectivity index (χ4v) is 1.39. The Balaban J connectivity index is 0.000000360.